The first kappa shape index (κ1) is 15.1. The first-order valence-electron chi connectivity index (χ1n) is 7.63. The molecule has 3 aromatic rings. The lowest BCUT2D eigenvalue weighted by atomic mass is 9.90. The second-order valence-electron chi connectivity index (χ2n) is 5.53. The van der Waals surface area contributed by atoms with Crippen molar-refractivity contribution in [1.29, 1.82) is 0 Å². The molecule has 3 heteroatoms. The van der Waals surface area contributed by atoms with Crippen LogP contribution in [0.1, 0.15) is 22.8 Å². The Morgan fingerprint density at radius 3 is 1.96 bits per heavy atom. The monoisotopic (exact) mass is 305 g/mol. The largest absolute Gasteiger partial charge is 0.467 e. The molecule has 116 valence electrons. The maximum Gasteiger partial charge on any atom is 0.234 e. The minimum atomic E-state index is -0.308. The van der Waals surface area contributed by atoms with Gasteiger partial charge in [0, 0.05) is 7.05 Å². The van der Waals surface area contributed by atoms with Crippen molar-refractivity contribution >= 4 is 5.91 Å². The number of hydrogen-bond acceptors (Lipinski definition) is 2. The van der Waals surface area contributed by atoms with Crippen LogP contribution in [0, 0.1) is 0 Å². The van der Waals surface area contributed by atoms with Crippen molar-refractivity contribution in [3.63, 3.8) is 0 Å². The normalized spacial score (nSPS) is 10.7. The van der Waals surface area contributed by atoms with Gasteiger partial charge in [-0.15, -0.1) is 0 Å². The number of carbonyl (C=O) groups excluding carboxylic acids is 1. The number of carbonyl (C=O) groups is 1. The Morgan fingerprint density at radius 1 is 0.913 bits per heavy atom. The molecular formula is C20H19NO2. The summed E-state index contributed by atoms with van der Waals surface area (Å²) in [4.78, 5) is 14.8. The summed E-state index contributed by atoms with van der Waals surface area (Å²) >= 11 is 0. The molecular weight excluding hydrogens is 286 g/mol. The number of benzene rings is 2. The third-order valence-corrected chi connectivity index (χ3v) is 3.86. The van der Waals surface area contributed by atoms with Crippen molar-refractivity contribution in [2.75, 3.05) is 7.05 Å². The molecule has 0 fully saturated rings. The van der Waals surface area contributed by atoms with Crippen LogP contribution in [0.15, 0.2) is 83.5 Å². The molecule has 1 heterocycles. The van der Waals surface area contributed by atoms with Gasteiger partial charge in [-0.2, -0.15) is 0 Å². The van der Waals surface area contributed by atoms with Gasteiger partial charge < -0.3 is 9.32 Å². The van der Waals surface area contributed by atoms with E-state index in [1.54, 1.807) is 11.2 Å². The van der Waals surface area contributed by atoms with Crippen molar-refractivity contribution in [2.24, 2.45) is 0 Å². The van der Waals surface area contributed by atoms with Crippen LogP contribution in [0.2, 0.25) is 0 Å². The highest BCUT2D eigenvalue weighted by Gasteiger charge is 2.25. The molecule has 0 aliphatic heterocycles. The number of furan rings is 1. The molecule has 3 rings (SSSR count). The minimum Gasteiger partial charge on any atom is -0.467 e. The molecule has 1 aromatic heterocycles. The SMILES string of the molecule is CN(Cc1ccco1)C(=O)C(c1ccccc1)c1ccccc1. The highest BCUT2D eigenvalue weighted by Crippen LogP contribution is 2.27. The van der Waals surface area contributed by atoms with E-state index in [1.165, 1.54) is 0 Å². The number of amides is 1. The van der Waals surface area contributed by atoms with E-state index in [1.807, 2.05) is 79.8 Å². The van der Waals surface area contributed by atoms with Gasteiger partial charge in [-0.25, -0.2) is 0 Å². The maximum absolute atomic E-state index is 13.1. The molecule has 0 bridgehead atoms. The third-order valence-electron chi connectivity index (χ3n) is 3.86. The molecule has 0 spiro atoms. The zero-order chi connectivity index (χ0) is 16.1. The zero-order valence-electron chi connectivity index (χ0n) is 13.1. The van der Waals surface area contributed by atoms with Crippen LogP contribution in [0.25, 0.3) is 0 Å². The van der Waals surface area contributed by atoms with E-state index in [4.69, 9.17) is 4.42 Å². The quantitative estimate of drug-likeness (QED) is 0.712. The summed E-state index contributed by atoms with van der Waals surface area (Å²) in [5.41, 5.74) is 1.99. The molecule has 0 atom stereocenters. The average Bonchev–Trinajstić information content (AvgIpc) is 3.10. The van der Waals surface area contributed by atoms with Gasteiger partial charge in [0.25, 0.3) is 0 Å². The smallest absolute Gasteiger partial charge is 0.234 e. The van der Waals surface area contributed by atoms with Crippen molar-refractivity contribution in [3.05, 3.63) is 95.9 Å². The Morgan fingerprint density at radius 2 is 1.48 bits per heavy atom. The maximum atomic E-state index is 13.1. The molecule has 23 heavy (non-hydrogen) atoms. The van der Waals surface area contributed by atoms with Crippen molar-refractivity contribution in [1.82, 2.24) is 4.90 Å². The van der Waals surface area contributed by atoms with E-state index < -0.39 is 0 Å². The van der Waals surface area contributed by atoms with E-state index in [0.717, 1.165) is 16.9 Å². The van der Waals surface area contributed by atoms with E-state index in [-0.39, 0.29) is 11.8 Å². The lowest BCUT2D eigenvalue weighted by Crippen LogP contribution is -2.31. The fraction of sp³-hybridized carbons (Fsp3) is 0.150. The van der Waals surface area contributed by atoms with Crippen LogP contribution >= 0.6 is 0 Å². The van der Waals surface area contributed by atoms with E-state index in [9.17, 15) is 4.79 Å². The molecule has 0 saturated carbocycles. The number of rotatable bonds is 5. The Hall–Kier alpha value is -2.81. The fourth-order valence-electron chi connectivity index (χ4n) is 2.70. The van der Waals surface area contributed by atoms with Crippen molar-refractivity contribution in [3.8, 4) is 0 Å². The first-order valence-corrected chi connectivity index (χ1v) is 7.63. The molecule has 0 saturated heterocycles. The minimum absolute atomic E-state index is 0.0544. The Labute approximate surface area is 136 Å². The van der Waals surface area contributed by atoms with Gasteiger partial charge in [0.15, 0.2) is 0 Å². The molecule has 3 nitrogen and oxygen atoms in total. The van der Waals surface area contributed by atoms with Crippen molar-refractivity contribution < 1.29 is 9.21 Å². The summed E-state index contributed by atoms with van der Waals surface area (Å²) in [7, 11) is 1.81. The first-order chi connectivity index (χ1) is 11.3. The number of nitrogens with zero attached hydrogens (tertiary/aromatic N) is 1. The summed E-state index contributed by atoms with van der Waals surface area (Å²) in [6.45, 7) is 0.460. The van der Waals surface area contributed by atoms with Crippen LogP contribution in [0.4, 0.5) is 0 Å². The van der Waals surface area contributed by atoms with E-state index in [2.05, 4.69) is 0 Å². The molecule has 2 aromatic carbocycles. The summed E-state index contributed by atoms with van der Waals surface area (Å²) in [6.07, 6.45) is 1.62. The lowest BCUT2D eigenvalue weighted by molar-refractivity contribution is -0.131. The second kappa shape index (κ2) is 6.97. The average molecular weight is 305 g/mol. The van der Waals surface area contributed by atoms with Gasteiger partial charge in [-0.1, -0.05) is 60.7 Å². The van der Waals surface area contributed by atoms with Crippen LogP contribution in [0.5, 0.6) is 0 Å². The standard InChI is InChI=1S/C20H19NO2/c1-21(15-18-13-8-14-23-18)20(22)19(16-9-4-2-5-10-16)17-11-6-3-7-12-17/h2-14,19H,15H2,1H3. The van der Waals surface area contributed by atoms with Crippen LogP contribution in [-0.4, -0.2) is 17.9 Å². The summed E-state index contributed by atoms with van der Waals surface area (Å²) in [5, 5.41) is 0. The third kappa shape index (κ3) is 3.51. The predicted molar refractivity (Wildman–Crippen MR) is 89.9 cm³/mol. The van der Waals surface area contributed by atoms with Gasteiger partial charge in [0.1, 0.15) is 5.76 Å². The van der Waals surface area contributed by atoms with Crippen LogP contribution in [-0.2, 0) is 11.3 Å². The molecule has 0 aliphatic rings. The van der Waals surface area contributed by atoms with Crippen LogP contribution < -0.4 is 0 Å². The molecule has 0 radical (unpaired) electrons. The Kier molecular flexibility index (Phi) is 4.57. The zero-order valence-corrected chi connectivity index (χ0v) is 13.1. The van der Waals surface area contributed by atoms with Crippen LogP contribution in [0.3, 0.4) is 0 Å². The second-order valence-corrected chi connectivity index (χ2v) is 5.53. The number of likely N-dealkylation sites (N-methyl/N-ethyl adjacent to an activating group) is 1. The van der Waals surface area contributed by atoms with Gasteiger partial charge in [0.05, 0.1) is 18.7 Å². The highest BCUT2D eigenvalue weighted by atomic mass is 16.3. The Balaban J connectivity index is 1.90. The lowest BCUT2D eigenvalue weighted by Gasteiger charge is -2.24. The molecule has 0 N–H and O–H groups in total. The van der Waals surface area contributed by atoms with E-state index >= 15 is 0 Å². The summed E-state index contributed by atoms with van der Waals surface area (Å²) < 4.78 is 5.35. The molecule has 0 unspecified atom stereocenters. The van der Waals surface area contributed by atoms with Crippen molar-refractivity contribution in [2.45, 2.75) is 12.5 Å². The predicted octanol–water partition coefficient (Wildman–Crippen LogP) is 4.07. The topological polar surface area (TPSA) is 33.5 Å². The Bertz CT molecular complexity index is 696. The fourth-order valence-corrected chi connectivity index (χ4v) is 2.70. The van der Waals surface area contributed by atoms with E-state index in [0.29, 0.717) is 6.54 Å². The van der Waals surface area contributed by atoms with Gasteiger partial charge in [0.2, 0.25) is 5.91 Å². The van der Waals surface area contributed by atoms with Gasteiger partial charge in [-0.3, -0.25) is 4.79 Å². The number of hydrogen-bond donors (Lipinski definition) is 0. The molecule has 0 aliphatic carbocycles. The molecule has 1 amide bonds. The summed E-state index contributed by atoms with van der Waals surface area (Å²) in [6, 6.07) is 23.5. The van der Waals surface area contributed by atoms with Gasteiger partial charge in [-0.05, 0) is 23.3 Å². The highest BCUT2D eigenvalue weighted by molar-refractivity contribution is 5.87. The summed E-state index contributed by atoms with van der Waals surface area (Å²) in [5.74, 6) is 0.525. The van der Waals surface area contributed by atoms with Gasteiger partial charge >= 0.3 is 0 Å².